The maximum Gasteiger partial charge on any atom is 0.277 e. The van der Waals surface area contributed by atoms with Gasteiger partial charge >= 0.3 is 0 Å². The number of hydrogen-bond donors (Lipinski definition) is 1. The number of fused-ring (bicyclic) bond motifs is 1. The number of rotatable bonds is 7. The molecule has 0 aliphatic rings. The number of Topliss-reactive ketones (excluding diaryl/α,β-unsaturated/α-hetero) is 1. The van der Waals surface area contributed by atoms with E-state index in [0.717, 1.165) is 16.5 Å². The summed E-state index contributed by atoms with van der Waals surface area (Å²) in [7, 11) is 1.59. The van der Waals surface area contributed by atoms with E-state index in [0.29, 0.717) is 28.0 Å². The van der Waals surface area contributed by atoms with Crippen LogP contribution in [-0.2, 0) is 0 Å². The number of carbonyl (C=O) groups is 1. The van der Waals surface area contributed by atoms with Crippen molar-refractivity contribution in [3.05, 3.63) is 96.2 Å². The van der Waals surface area contributed by atoms with Crippen LogP contribution in [0.25, 0.3) is 22.4 Å². The number of hydrogen-bond acceptors (Lipinski definition) is 6. The number of aromatic nitrogens is 3. The van der Waals surface area contributed by atoms with Gasteiger partial charge in [0.1, 0.15) is 11.0 Å². The Morgan fingerprint density at radius 2 is 1.72 bits per heavy atom. The van der Waals surface area contributed by atoms with Crippen LogP contribution in [-0.4, -0.2) is 28.1 Å². The molecule has 6 nitrogen and oxygen atoms in total. The topological polar surface area (TPSA) is 81.0 Å². The van der Waals surface area contributed by atoms with Gasteiger partial charge in [-0.1, -0.05) is 60.7 Å². The Morgan fingerprint density at radius 3 is 2.56 bits per heavy atom. The Kier molecular flexibility index (Phi) is 5.47. The van der Waals surface area contributed by atoms with Crippen molar-refractivity contribution < 1.29 is 13.9 Å². The molecule has 0 spiro atoms. The molecule has 158 valence electrons. The van der Waals surface area contributed by atoms with Gasteiger partial charge in [-0.25, -0.2) is 0 Å². The highest BCUT2D eigenvalue weighted by atomic mass is 32.2. The minimum atomic E-state index is -0.540. The first-order valence-electron chi connectivity index (χ1n) is 10.0. The second-order valence-electron chi connectivity index (χ2n) is 7.09. The molecule has 1 atom stereocenters. The molecular formula is C25H19N3O3S. The number of ketones is 1. The maximum atomic E-state index is 13.7. The fourth-order valence-corrected chi connectivity index (χ4v) is 4.55. The Morgan fingerprint density at radius 1 is 0.969 bits per heavy atom. The van der Waals surface area contributed by atoms with Crippen LogP contribution in [0.2, 0.25) is 0 Å². The number of nitrogens with zero attached hydrogens (tertiary/aromatic N) is 2. The average Bonchev–Trinajstić information content (AvgIpc) is 3.50. The number of ether oxygens (including phenoxy) is 1. The largest absolute Gasteiger partial charge is 0.496 e. The van der Waals surface area contributed by atoms with Crippen LogP contribution in [0.15, 0.2) is 94.7 Å². The molecule has 1 N–H and O–H groups in total. The van der Waals surface area contributed by atoms with Crippen molar-refractivity contribution in [1.82, 2.24) is 15.2 Å². The van der Waals surface area contributed by atoms with Crippen LogP contribution in [0.1, 0.15) is 21.2 Å². The van der Waals surface area contributed by atoms with Gasteiger partial charge in [-0.15, -0.1) is 10.2 Å². The van der Waals surface area contributed by atoms with Gasteiger partial charge in [0.25, 0.3) is 11.1 Å². The molecule has 0 saturated carbocycles. The van der Waals surface area contributed by atoms with Crippen LogP contribution in [0.4, 0.5) is 0 Å². The molecule has 2 heterocycles. The number of thioether (sulfide) groups is 1. The minimum Gasteiger partial charge on any atom is -0.496 e. The SMILES string of the molecule is COc1ccccc1-c1nnc(SC(C(=O)c2c[nH]c3ccccc23)c2ccccc2)o1. The van der Waals surface area contributed by atoms with E-state index >= 15 is 0 Å². The van der Waals surface area contributed by atoms with E-state index in [1.165, 1.54) is 11.8 Å². The van der Waals surface area contributed by atoms with E-state index in [2.05, 4.69) is 15.2 Å². The number of methoxy groups -OCH3 is 1. The quantitative estimate of drug-likeness (QED) is 0.249. The summed E-state index contributed by atoms with van der Waals surface area (Å²) < 4.78 is 11.3. The smallest absolute Gasteiger partial charge is 0.277 e. The van der Waals surface area contributed by atoms with E-state index in [9.17, 15) is 4.79 Å². The Balaban J connectivity index is 1.50. The molecule has 1 unspecified atom stereocenters. The predicted octanol–water partition coefficient (Wildman–Crippen LogP) is 5.94. The highest BCUT2D eigenvalue weighted by Crippen LogP contribution is 2.40. The summed E-state index contributed by atoms with van der Waals surface area (Å²) in [5.74, 6) is 0.953. The molecule has 0 aliphatic heterocycles. The fraction of sp³-hybridized carbons (Fsp3) is 0.0800. The predicted molar refractivity (Wildman–Crippen MR) is 124 cm³/mol. The summed E-state index contributed by atoms with van der Waals surface area (Å²) >= 11 is 1.24. The Labute approximate surface area is 188 Å². The number of carbonyl (C=O) groups excluding carboxylic acids is 1. The lowest BCUT2D eigenvalue weighted by Gasteiger charge is -2.13. The zero-order chi connectivity index (χ0) is 21.9. The summed E-state index contributed by atoms with van der Waals surface area (Å²) in [5.41, 5.74) is 3.12. The van der Waals surface area contributed by atoms with Gasteiger partial charge < -0.3 is 14.1 Å². The minimum absolute atomic E-state index is 0.0318. The van der Waals surface area contributed by atoms with Gasteiger partial charge in [0, 0.05) is 22.7 Å². The standard InChI is InChI=1S/C25H19N3O3S/c1-30-21-14-8-6-12-18(21)24-27-28-25(31-24)32-23(16-9-3-2-4-10-16)22(29)19-15-26-20-13-7-5-11-17(19)20/h2-15,23,26H,1H3. The molecule has 32 heavy (non-hydrogen) atoms. The zero-order valence-electron chi connectivity index (χ0n) is 17.2. The Hall–Kier alpha value is -3.84. The summed E-state index contributed by atoms with van der Waals surface area (Å²) in [6.45, 7) is 0. The third kappa shape index (κ3) is 3.78. The normalized spacial score (nSPS) is 12.0. The number of benzene rings is 3. The summed E-state index contributed by atoms with van der Waals surface area (Å²) in [6, 6.07) is 24.8. The van der Waals surface area contributed by atoms with Crippen molar-refractivity contribution in [2.24, 2.45) is 0 Å². The van der Waals surface area contributed by atoms with Crippen LogP contribution in [0.5, 0.6) is 5.75 Å². The molecule has 0 radical (unpaired) electrons. The molecule has 2 aromatic heterocycles. The summed E-state index contributed by atoms with van der Waals surface area (Å²) in [4.78, 5) is 16.8. The third-order valence-electron chi connectivity index (χ3n) is 5.16. The maximum absolute atomic E-state index is 13.7. The zero-order valence-corrected chi connectivity index (χ0v) is 18.0. The van der Waals surface area contributed by atoms with Crippen molar-refractivity contribution in [3.63, 3.8) is 0 Å². The van der Waals surface area contributed by atoms with Gasteiger partial charge in [0.2, 0.25) is 0 Å². The molecular weight excluding hydrogens is 422 g/mol. The second-order valence-corrected chi connectivity index (χ2v) is 8.15. The Bertz CT molecular complexity index is 1380. The monoisotopic (exact) mass is 441 g/mol. The molecule has 0 fully saturated rings. The number of H-pyrrole nitrogens is 1. The first-order valence-corrected chi connectivity index (χ1v) is 10.9. The average molecular weight is 442 g/mol. The van der Waals surface area contributed by atoms with Crippen molar-refractivity contribution in [3.8, 4) is 17.2 Å². The molecule has 3 aromatic carbocycles. The van der Waals surface area contributed by atoms with Gasteiger partial charge in [-0.05, 0) is 35.5 Å². The molecule has 0 amide bonds. The summed E-state index contributed by atoms with van der Waals surface area (Å²) in [5, 5.41) is 9.03. The number of nitrogens with one attached hydrogen (secondary N) is 1. The van der Waals surface area contributed by atoms with Crippen LogP contribution < -0.4 is 4.74 Å². The third-order valence-corrected chi connectivity index (χ3v) is 6.25. The van der Waals surface area contributed by atoms with Crippen LogP contribution in [0.3, 0.4) is 0 Å². The lowest BCUT2D eigenvalue weighted by molar-refractivity contribution is 0.0990. The fourth-order valence-electron chi connectivity index (χ4n) is 3.61. The number of aromatic amines is 1. The van der Waals surface area contributed by atoms with E-state index in [4.69, 9.17) is 9.15 Å². The highest BCUT2D eigenvalue weighted by molar-refractivity contribution is 8.00. The van der Waals surface area contributed by atoms with Crippen LogP contribution in [0, 0.1) is 0 Å². The molecule has 0 saturated heterocycles. The lowest BCUT2D eigenvalue weighted by atomic mass is 10.0. The molecule has 0 aliphatic carbocycles. The first-order chi connectivity index (χ1) is 15.7. The molecule has 5 aromatic rings. The molecule has 7 heteroatoms. The van der Waals surface area contributed by atoms with Crippen molar-refractivity contribution in [2.75, 3.05) is 7.11 Å². The van der Waals surface area contributed by atoms with Gasteiger partial charge in [-0.3, -0.25) is 4.79 Å². The molecule has 0 bridgehead atoms. The van der Waals surface area contributed by atoms with Gasteiger partial charge in [0.15, 0.2) is 5.78 Å². The van der Waals surface area contributed by atoms with E-state index < -0.39 is 5.25 Å². The second kappa shape index (κ2) is 8.72. The number of para-hydroxylation sites is 2. The summed E-state index contributed by atoms with van der Waals surface area (Å²) in [6.07, 6.45) is 1.76. The van der Waals surface area contributed by atoms with E-state index in [-0.39, 0.29) is 5.78 Å². The molecule has 5 rings (SSSR count). The van der Waals surface area contributed by atoms with Gasteiger partial charge in [-0.2, -0.15) is 0 Å². The van der Waals surface area contributed by atoms with E-state index in [1.807, 2.05) is 78.9 Å². The van der Waals surface area contributed by atoms with Crippen molar-refractivity contribution in [1.29, 1.82) is 0 Å². The highest BCUT2D eigenvalue weighted by Gasteiger charge is 2.28. The lowest BCUT2D eigenvalue weighted by Crippen LogP contribution is -2.09. The van der Waals surface area contributed by atoms with Crippen molar-refractivity contribution in [2.45, 2.75) is 10.5 Å². The van der Waals surface area contributed by atoms with Crippen LogP contribution >= 0.6 is 11.8 Å². The van der Waals surface area contributed by atoms with E-state index in [1.54, 1.807) is 13.3 Å². The van der Waals surface area contributed by atoms with Crippen molar-refractivity contribution >= 4 is 28.4 Å². The van der Waals surface area contributed by atoms with Gasteiger partial charge in [0.05, 0.1) is 12.7 Å². The first kappa shape index (κ1) is 20.1.